The fourth-order valence-corrected chi connectivity index (χ4v) is 2.00. The van der Waals surface area contributed by atoms with Crippen molar-refractivity contribution in [3.8, 4) is 0 Å². The SMILES string of the molecule is CC[C@H](C)CCCCCCC[C@@H](C)C(=O)OC. The Labute approximate surface area is 107 Å². The molecule has 0 fully saturated rings. The first-order chi connectivity index (χ1) is 8.11. The van der Waals surface area contributed by atoms with Crippen LogP contribution >= 0.6 is 0 Å². The molecule has 0 bridgehead atoms. The van der Waals surface area contributed by atoms with E-state index in [2.05, 4.69) is 13.8 Å². The Morgan fingerprint density at radius 3 is 2.06 bits per heavy atom. The summed E-state index contributed by atoms with van der Waals surface area (Å²) in [6.45, 7) is 6.55. The van der Waals surface area contributed by atoms with Gasteiger partial charge in [0.2, 0.25) is 0 Å². The van der Waals surface area contributed by atoms with Crippen LogP contribution in [0.3, 0.4) is 0 Å². The number of hydrogen-bond acceptors (Lipinski definition) is 2. The zero-order valence-corrected chi connectivity index (χ0v) is 12.1. The second-order valence-electron chi connectivity index (χ2n) is 5.28. The summed E-state index contributed by atoms with van der Waals surface area (Å²) in [4.78, 5) is 11.2. The second-order valence-corrected chi connectivity index (χ2v) is 5.28. The lowest BCUT2D eigenvalue weighted by Crippen LogP contribution is -2.12. The second kappa shape index (κ2) is 10.6. The van der Waals surface area contributed by atoms with E-state index in [1.165, 1.54) is 45.6 Å². The largest absolute Gasteiger partial charge is 0.469 e. The minimum atomic E-state index is -0.0678. The van der Waals surface area contributed by atoms with Crippen molar-refractivity contribution in [2.75, 3.05) is 7.11 Å². The normalized spacial score (nSPS) is 14.4. The average Bonchev–Trinajstić information content (AvgIpc) is 2.35. The van der Waals surface area contributed by atoms with Gasteiger partial charge in [0.25, 0.3) is 0 Å². The molecule has 0 aromatic rings. The number of ether oxygens (including phenoxy) is 1. The summed E-state index contributed by atoms with van der Waals surface area (Å²) >= 11 is 0. The molecule has 0 aliphatic heterocycles. The molecule has 2 nitrogen and oxygen atoms in total. The van der Waals surface area contributed by atoms with E-state index in [-0.39, 0.29) is 11.9 Å². The van der Waals surface area contributed by atoms with Gasteiger partial charge in [0.15, 0.2) is 0 Å². The standard InChI is InChI=1S/C15H30O2/c1-5-13(2)11-9-7-6-8-10-12-14(3)15(16)17-4/h13-14H,5-12H2,1-4H3/t13-,14+/m0/s1. The van der Waals surface area contributed by atoms with Gasteiger partial charge in [0.05, 0.1) is 13.0 Å². The van der Waals surface area contributed by atoms with Gasteiger partial charge in [-0.15, -0.1) is 0 Å². The maximum absolute atomic E-state index is 11.2. The Bertz CT molecular complexity index is 189. The summed E-state index contributed by atoms with van der Waals surface area (Å²) in [5.74, 6) is 0.885. The number of rotatable bonds is 10. The Balaban J connectivity index is 3.26. The summed E-state index contributed by atoms with van der Waals surface area (Å²) in [6, 6.07) is 0. The van der Waals surface area contributed by atoms with E-state index in [4.69, 9.17) is 4.74 Å². The monoisotopic (exact) mass is 242 g/mol. The predicted octanol–water partition coefficient (Wildman–Crippen LogP) is 4.57. The zero-order valence-electron chi connectivity index (χ0n) is 12.1. The third kappa shape index (κ3) is 9.20. The van der Waals surface area contributed by atoms with Crippen LogP contribution in [0, 0.1) is 11.8 Å². The van der Waals surface area contributed by atoms with Gasteiger partial charge >= 0.3 is 5.97 Å². The lowest BCUT2D eigenvalue weighted by molar-refractivity contribution is -0.145. The van der Waals surface area contributed by atoms with Crippen LogP contribution in [0.2, 0.25) is 0 Å². The summed E-state index contributed by atoms with van der Waals surface area (Å²) in [7, 11) is 1.47. The molecule has 0 aromatic heterocycles. The first-order valence-electron chi connectivity index (χ1n) is 7.19. The number of hydrogen-bond donors (Lipinski definition) is 0. The van der Waals surface area contributed by atoms with Crippen molar-refractivity contribution in [3.05, 3.63) is 0 Å². The van der Waals surface area contributed by atoms with Crippen molar-refractivity contribution in [3.63, 3.8) is 0 Å². The molecule has 0 amide bonds. The van der Waals surface area contributed by atoms with E-state index in [9.17, 15) is 4.79 Å². The molecule has 0 aliphatic rings. The highest BCUT2D eigenvalue weighted by molar-refractivity contribution is 5.71. The summed E-state index contributed by atoms with van der Waals surface area (Å²) in [6.07, 6.45) is 10.1. The van der Waals surface area contributed by atoms with E-state index in [1.54, 1.807) is 0 Å². The number of esters is 1. The molecule has 17 heavy (non-hydrogen) atoms. The maximum atomic E-state index is 11.2. The van der Waals surface area contributed by atoms with E-state index in [0.717, 1.165) is 18.8 Å². The summed E-state index contributed by atoms with van der Waals surface area (Å²) in [5, 5.41) is 0. The average molecular weight is 242 g/mol. The molecule has 0 radical (unpaired) electrons. The summed E-state index contributed by atoms with van der Waals surface area (Å²) in [5.41, 5.74) is 0. The van der Waals surface area contributed by atoms with Gasteiger partial charge < -0.3 is 4.74 Å². The van der Waals surface area contributed by atoms with Gasteiger partial charge in [-0.25, -0.2) is 0 Å². The molecule has 0 heterocycles. The van der Waals surface area contributed by atoms with E-state index in [0.29, 0.717) is 0 Å². The van der Waals surface area contributed by atoms with Crippen molar-refractivity contribution >= 4 is 5.97 Å². The smallest absolute Gasteiger partial charge is 0.308 e. The molecule has 2 atom stereocenters. The Morgan fingerprint density at radius 1 is 1.00 bits per heavy atom. The van der Waals surface area contributed by atoms with E-state index in [1.807, 2.05) is 6.92 Å². The quantitative estimate of drug-likeness (QED) is 0.414. The van der Waals surface area contributed by atoms with Crippen LogP contribution in [0.25, 0.3) is 0 Å². The maximum Gasteiger partial charge on any atom is 0.308 e. The highest BCUT2D eigenvalue weighted by atomic mass is 16.5. The fourth-order valence-electron chi connectivity index (χ4n) is 2.00. The minimum Gasteiger partial charge on any atom is -0.469 e. The number of carbonyl (C=O) groups is 1. The highest BCUT2D eigenvalue weighted by Gasteiger charge is 2.11. The van der Waals surface area contributed by atoms with Crippen molar-refractivity contribution < 1.29 is 9.53 Å². The van der Waals surface area contributed by atoms with Crippen LogP contribution in [0.1, 0.15) is 72.1 Å². The molecular formula is C15H30O2. The molecular weight excluding hydrogens is 212 g/mol. The number of carbonyl (C=O) groups excluding carboxylic acids is 1. The highest BCUT2D eigenvalue weighted by Crippen LogP contribution is 2.15. The van der Waals surface area contributed by atoms with Crippen molar-refractivity contribution in [2.24, 2.45) is 11.8 Å². The van der Waals surface area contributed by atoms with Gasteiger partial charge in [0.1, 0.15) is 0 Å². The molecule has 102 valence electrons. The van der Waals surface area contributed by atoms with Gasteiger partial charge in [-0.05, 0) is 12.3 Å². The van der Waals surface area contributed by atoms with Crippen LogP contribution in [0.15, 0.2) is 0 Å². The van der Waals surface area contributed by atoms with Crippen LogP contribution in [0.4, 0.5) is 0 Å². The first-order valence-corrected chi connectivity index (χ1v) is 7.19. The predicted molar refractivity (Wildman–Crippen MR) is 73.0 cm³/mol. The molecule has 0 aliphatic carbocycles. The van der Waals surface area contributed by atoms with Crippen molar-refractivity contribution in [1.29, 1.82) is 0 Å². The van der Waals surface area contributed by atoms with Gasteiger partial charge in [-0.3, -0.25) is 4.79 Å². The van der Waals surface area contributed by atoms with Crippen LogP contribution in [-0.4, -0.2) is 13.1 Å². The van der Waals surface area contributed by atoms with Crippen molar-refractivity contribution in [1.82, 2.24) is 0 Å². The molecule has 0 saturated carbocycles. The van der Waals surface area contributed by atoms with Crippen LogP contribution in [0.5, 0.6) is 0 Å². The molecule has 0 saturated heterocycles. The number of unbranched alkanes of at least 4 members (excludes halogenated alkanes) is 4. The molecule has 0 aromatic carbocycles. The Hall–Kier alpha value is -0.530. The van der Waals surface area contributed by atoms with Gasteiger partial charge in [-0.2, -0.15) is 0 Å². The van der Waals surface area contributed by atoms with E-state index >= 15 is 0 Å². The lowest BCUT2D eigenvalue weighted by Gasteiger charge is -2.09. The summed E-state index contributed by atoms with van der Waals surface area (Å²) < 4.78 is 4.71. The van der Waals surface area contributed by atoms with Gasteiger partial charge in [0, 0.05) is 0 Å². The third-order valence-corrected chi connectivity index (χ3v) is 3.63. The topological polar surface area (TPSA) is 26.3 Å². The Kier molecular flexibility index (Phi) is 10.3. The van der Waals surface area contributed by atoms with Crippen molar-refractivity contribution in [2.45, 2.75) is 72.1 Å². The number of methoxy groups -OCH3 is 1. The minimum absolute atomic E-state index is 0.0678. The van der Waals surface area contributed by atoms with E-state index < -0.39 is 0 Å². The first kappa shape index (κ1) is 16.5. The molecule has 0 N–H and O–H groups in total. The molecule has 0 unspecified atom stereocenters. The van der Waals surface area contributed by atoms with Crippen LogP contribution < -0.4 is 0 Å². The zero-order chi connectivity index (χ0) is 13.1. The third-order valence-electron chi connectivity index (χ3n) is 3.63. The van der Waals surface area contributed by atoms with Crippen LogP contribution in [-0.2, 0) is 9.53 Å². The molecule has 0 spiro atoms. The lowest BCUT2D eigenvalue weighted by atomic mass is 9.98. The Morgan fingerprint density at radius 2 is 1.53 bits per heavy atom. The molecule has 0 rings (SSSR count). The molecule has 2 heteroatoms. The fraction of sp³-hybridized carbons (Fsp3) is 0.933. The van der Waals surface area contributed by atoms with Gasteiger partial charge in [-0.1, -0.05) is 65.7 Å².